The molecule has 0 saturated heterocycles. The summed E-state index contributed by atoms with van der Waals surface area (Å²) in [6, 6.07) is 1.94. The van der Waals surface area contributed by atoms with Crippen molar-refractivity contribution in [3.05, 3.63) is 30.1 Å². The lowest BCUT2D eigenvalue weighted by atomic mass is 10.3. The molecule has 0 aliphatic heterocycles. The zero-order valence-electron chi connectivity index (χ0n) is 9.40. The van der Waals surface area contributed by atoms with Crippen LogP contribution in [0.25, 0.3) is 0 Å². The second-order valence-electron chi connectivity index (χ2n) is 3.86. The van der Waals surface area contributed by atoms with Gasteiger partial charge in [0.2, 0.25) is 5.91 Å². The molecule has 1 amide bonds. The maximum atomic E-state index is 11.4. The van der Waals surface area contributed by atoms with Crippen LogP contribution in [0.4, 0.5) is 0 Å². The molecule has 0 radical (unpaired) electrons. The third-order valence-corrected chi connectivity index (χ3v) is 1.83. The Morgan fingerprint density at radius 1 is 1.60 bits per heavy atom. The van der Waals surface area contributed by atoms with Crippen molar-refractivity contribution < 1.29 is 4.79 Å². The van der Waals surface area contributed by atoms with Crippen LogP contribution < -0.4 is 5.32 Å². The smallest absolute Gasteiger partial charge is 0.244 e. The fourth-order valence-electron chi connectivity index (χ4n) is 1.28. The van der Waals surface area contributed by atoms with Gasteiger partial charge in [0.1, 0.15) is 0 Å². The highest BCUT2D eigenvalue weighted by Gasteiger charge is 2.05. The second kappa shape index (κ2) is 5.34. The zero-order valence-corrected chi connectivity index (χ0v) is 9.40. The van der Waals surface area contributed by atoms with Crippen molar-refractivity contribution in [2.75, 3.05) is 0 Å². The Kier molecular flexibility index (Phi) is 4.09. The van der Waals surface area contributed by atoms with Crippen LogP contribution in [0.3, 0.4) is 0 Å². The molecule has 1 heterocycles. The number of carbonyl (C=O) groups is 1. The molecule has 1 aromatic rings. The Hall–Kier alpha value is -1.58. The number of nitrogens with zero attached hydrogens (tertiary/aromatic N) is 2. The summed E-state index contributed by atoms with van der Waals surface area (Å²) in [5.74, 6) is -0.0466. The molecule has 0 bridgehead atoms. The summed E-state index contributed by atoms with van der Waals surface area (Å²) in [7, 11) is 0. The Bertz CT molecular complexity index is 337. The molecule has 0 aromatic carbocycles. The summed E-state index contributed by atoms with van der Waals surface area (Å²) in [4.78, 5) is 11.4. The van der Waals surface area contributed by atoms with Gasteiger partial charge in [0.15, 0.2) is 0 Å². The molecular weight excluding hydrogens is 190 g/mol. The first-order valence-electron chi connectivity index (χ1n) is 5.01. The first-order valence-corrected chi connectivity index (χ1v) is 5.01. The van der Waals surface area contributed by atoms with E-state index in [2.05, 4.69) is 10.4 Å². The molecule has 4 nitrogen and oxygen atoms in total. The Balaban J connectivity index is 2.39. The topological polar surface area (TPSA) is 46.9 Å². The van der Waals surface area contributed by atoms with Crippen LogP contribution in [0.2, 0.25) is 0 Å². The SMILES string of the molecule is CC(C)=CC(=O)N[C@H](C)Cn1cccn1. The number of carbonyl (C=O) groups excluding carboxylic acids is 1. The number of hydrogen-bond acceptors (Lipinski definition) is 2. The molecule has 15 heavy (non-hydrogen) atoms. The van der Waals surface area contributed by atoms with Crippen molar-refractivity contribution in [2.24, 2.45) is 0 Å². The van der Waals surface area contributed by atoms with E-state index in [9.17, 15) is 4.79 Å². The van der Waals surface area contributed by atoms with Crippen molar-refractivity contribution >= 4 is 5.91 Å². The molecule has 4 heteroatoms. The van der Waals surface area contributed by atoms with E-state index in [0.717, 1.165) is 5.57 Å². The molecule has 82 valence electrons. The summed E-state index contributed by atoms with van der Waals surface area (Å²) in [6.07, 6.45) is 5.20. The van der Waals surface area contributed by atoms with E-state index in [1.54, 1.807) is 17.0 Å². The molecule has 0 fully saturated rings. The summed E-state index contributed by atoms with van der Waals surface area (Å²) >= 11 is 0. The van der Waals surface area contributed by atoms with Crippen LogP contribution in [0, 0.1) is 0 Å². The van der Waals surface area contributed by atoms with E-state index >= 15 is 0 Å². The molecule has 0 aliphatic rings. The van der Waals surface area contributed by atoms with Crippen molar-refractivity contribution in [1.29, 1.82) is 0 Å². The minimum atomic E-state index is -0.0466. The van der Waals surface area contributed by atoms with Crippen LogP contribution in [0.5, 0.6) is 0 Å². The van der Waals surface area contributed by atoms with E-state index < -0.39 is 0 Å². The lowest BCUT2D eigenvalue weighted by Gasteiger charge is -2.12. The summed E-state index contributed by atoms with van der Waals surface area (Å²) in [6.45, 7) is 6.45. The highest BCUT2D eigenvalue weighted by Crippen LogP contribution is 1.92. The quantitative estimate of drug-likeness (QED) is 0.758. The lowest BCUT2D eigenvalue weighted by Crippen LogP contribution is -2.34. The third-order valence-electron chi connectivity index (χ3n) is 1.83. The molecular formula is C11H17N3O. The average Bonchev–Trinajstić information content (AvgIpc) is 2.53. The minimum absolute atomic E-state index is 0.0466. The monoisotopic (exact) mass is 207 g/mol. The van der Waals surface area contributed by atoms with E-state index in [1.165, 1.54) is 0 Å². The highest BCUT2D eigenvalue weighted by atomic mass is 16.1. The van der Waals surface area contributed by atoms with E-state index in [0.29, 0.717) is 6.54 Å². The number of aromatic nitrogens is 2. The molecule has 1 atom stereocenters. The van der Waals surface area contributed by atoms with Crippen molar-refractivity contribution in [3.8, 4) is 0 Å². The summed E-state index contributed by atoms with van der Waals surface area (Å²) in [5, 5.41) is 6.95. The van der Waals surface area contributed by atoms with E-state index in [1.807, 2.05) is 33.0 Å². The average molecular weight is 207 g/mol. The van der Waals surface area contributed by atoms with Crippen LogP contribution in [-0.2, 0) is 11.3 Å². The van der Waals surface area contributed by atoms with Gasteiger partial charge >= 0.3 is 0 Å². The summed E-state index contributed by atoms with van der Waals surface area (Å²) < 4.78 is 1.80. The van der Waals surface area contributed by atoms with E-state index in [4.69, 9.17) is 0 Å². The van der Waals surface area contributed by atoms with Crippen molar-refractivity contribution in [3.63, 3.8) is 0 Å². The predicted octanol–water partition coefficient (Wildman–Crippen LogP) is 1.35. The van der Waals surface area contributed by atoms with Gasteiger partial charge in [-0.05, 0) is 26.8 Å². The van der Waals surface area contributed by atoms with Gasteiger partial charge in [0.05, 0.1) is 6.54 Å². The lowest BCUT2D eigenvalue weighted by molar-refractivity contribution is -0.117. The number of hydrogen-bond donors (Lipinski definition) is 1. The van der Waals surface area contributed by atoms with Gasteiger partial charge < -0.3 is 5.32 Å². The third kappa shape index (κ3) is 4.44. The van der Waals surface area contributed by atoms with Gasteiger partial charge in [-0.25, -0.2) is 0 Å². The maximum absolute atomic E-state index is 11.4. The van der Waals surface area contributed by atoms with Gasteiger partial charge in [-0.1, -0.05) is 5.57 Å². The molecule has 0 spiro atoms. The first kappa shape index (κ1) is 11.5. The molecule has 0 unspecified atom stereocenters. The van der Waals surface area contributed by atoms with Crippen LogP contribution in [-0.4, -0.2) is 21.7 Å². The number of nitrogens with one attached hydrogen (secondary N) is 1. The maximum Gasteiger partial charge on any atom is 0.244 e. The number of allylic oxidation sites excluding steroid dienone is 1. The minimum Gasteiger partial charge on any atom is -0.348 e. The van der Waals surface area contributed by atoms with Crippen molar-refractivity contribution in [2.45, 2.75) is 33.4 Å². The normalized spacial score (nSPS) is 11.9. The Labute approximate surface area is 90.0 Å². The largest absolute Gasteiger partial charge is 0.348 e. The molecule has 0 saturated carbocycles. The Morgan fingerprint density at radius 3 is 2.87 bits per heavy atom. The van der Waals surface area contributed by atoms with E-state index in [-0.39, 0.29) is 11.9 Å². The van der Waals surface area contributed by atoms with Crippen molar-refractivity contribution in [1.82, 2.24) is 15.1 Å². The van der Waals surface area contributed by atoms with Gasteiger partial charge in [-0.15, -0.1) is 0 Å². The van der Waals surface area contributed by atoms with Crippen LogP contribution >= 0.6 is 0 Å². The number of rotatable bonds is 4. The first-order chi connectivity index (χ1) is 7.08. The van der Waals surface area contributed by atoms with Gasteiger partial charge in [-0.3, -0.25) is 9.48 Å². The second-order valence-corrected chi connectivity index (χ2v) is 3.86. The predicted molar refractivity (Wildman–Crippen MR) is 59.3 cm³/mol. The van der Waals surface area contributed by atoms with Gasteiger partial charge in [0.25, 0.3) is 0 Å². The molecule has 0 aliphatic carbocycles. The highest BCUT2D eigenvalue weighted by molar-refractivity contribution is 5.88. The molecule has 1 N–H and O–H groups in total. The van der Waals surface area contributed by atoms with Crippen LogP contribution in [0.15, 0.2) is 30.1 Å². The molecule has 1 rings (SSSR count). The Morgan fingerprint density at radius 2 is 2.33 bits per heavy atom. The zero-order chi connectivity index (χ0) is 11.3. The van der Waals surface area contributed by atoms with Gasteiger partial charge in [0, 0.05) is 24.5 Å². The summed E-state index contributed by atoms with van der Waals surface area (Å²) in [5.41, 5.74) is 0.999. The standard InChI is InChI=1S/C11H17N3O/c1-9(2)7-11(15)13-10(3)8-14-6-4-5-12-14/h4-7,10H,8H2,1-3H3,(H,13,15)/t10-/m1/s1. The van der Waals surface area contributed by atoms with Gasteiger partial charge in [-0.2, -0.15) is 5.10 Å². The number of amides is 1. The van der Waals surface area contributed by atoms with Crippen LogP contribution in [0.1, 0.15) is 20.8 Å². The fourth-order valence-corrected chi connectivity index (χ4v) is 1.28. The fraction of sp³-hybridized carbons (Fsp3) is 0.455. The molecule has 1 aromatic heterocycles.